The van der Waals surface area contributed by atoms with Gasteiger partial charge in [0, 0.05) is 22.6 Å². The Hall–Kier alpha value is -3.22. The van der Waals surface area contributed by atoms with Crippen molar-refractivity contribution in [3.8, 4) is 5.75 Å². The maximum Gasteiger partial charge on any atom is 0.411 e. The van der Waals surface area contributed by atoms with Crippen molar-refractivity contribution in [2.75, 3.05) is 6.54 Å². The second-order valence-corrected chi connectivity index (χ2v) is 8.22. The number of hydrogen-bond donors (Lipinski definition) is 1. The fraction of sp³-hybridized carbons (Fsp3) is 0.364. The summed E-state index contributed by atoms with van der Waals surface area (Å²) >= 11 is 0. The average Bonchev–Trinajstić information content (AvgIpc) is 3.27. The molecule has 0 spiro atoms. The number of aliphatic carboxylic acids is 1. The van der Waals surface area contributed by atoms with Gasteiger partial charge in [0.25, 0.3) is 0 Å². The van der Waals surface area contributed by atoms with Crippen molar-refractivity contribution >= 4 is 33.8 Å². The van der Waals surface area contributed by atoms with Crippen LogP contribution < -0.4 is 4.74 Å². The Morgan fingerprint density at radius 2 is 1.93 bits per heavy atom. The summed E-state index contributed by atoms with van der Waals surface area (Å²) in [5, 5.41) is 12.4. The van der Waals surface area contributed by atoms with Gasteiger partial charge in [0.1, 0.15) is 29.1 Å². The van der Waals surface area contributed by atoms with Gasteiger partial charge in [-0.1, -0.05) is 18.2 Å². The van der Waals surface area contributed by atoms with E-state index in [0.717, 1.165) is 21.7 Å². The second-order valence-electron chi connectivity index (χ2n) is 8.22. The standard InChI is InChI=1S/C22H23NO6/c1-22(2,3)29-21(26)23-12-14(11-17(23)20(24)25)28-18-6-4-5-16-15(18)8-7-13-9-10-27-19(13)16/h4-10,14,17H,11-12H2,1-3H3,(H,24,25)/t14-,17+/m1/s1. The molecule has 0 bridgehead atoms. The van der Waals surface area contributed by atoms with E-state index in [2.05, 4.69) is 0 Å². The predicted octanol–water partition coefficient (Wildman–Crippen LogP) is 4.43. The molecule has 1 aliphatic rings. The lowest BCUT2D eigenvalue weighted by Crippen LogP contribution is -2.43. The van der Waals surface area contributed by atoms with Gasteiger partial charge in [0.05, 0.1) is 12.8 Å². The van der Waals surface area contributed by atoms with Gasteiger partial charge in [-0.15, -0.1) is 0 Å². The average molecular weight is 397 g/mol. The van der Waals surface area contributed by atoms with Crippen LogP contribution in [0.25, 0.3) is 21.7 Å². The summed E-state index contributed by atoms with van der Waals surface area (Å²) in [6.07, 6.45) is 0.728. The topological polar surface area (TPSA) is 89.2 Å². The van der Waals surface area contributed by atoms with Crippen molar-refractivity contribution in [1.29, 1.82) is 0 Å². The third kappa shape index (κ3) is 3.72. The first kappa shape index (κ1) is 19.1. The fourth-order valence-electron chi connectivity index (χ4n) is 3.68. The molecule has 2 aromatic carbocycles. The number of furan rings is 1. The number of carboxylic acids is 1. The Morgan fingerprint density at radius 1 is 1.14 bits per heavy atom. The lowest BCUT2D eigenvalue weighted by atomic mass is 10.1. The number of fused-ring (bicyclic) bond motifs is 3. The van der Waals surface area contributed by atoms with Crippen LogP contribution in [0.3, 0.4) is 0 Å². The van der Waals surface area contributed by atoms with E-state index in [1.165, 1.54) is 4.90 Å². The van der Waals surface area contributed by atoms with Crippen LogP contribution in [0.1, 0.15) is 27.2 Å². The number of nitrogens with zero attached hydrogens (tertiary/aromatic N) is 1. The Balaban J connectivity index is 1.60. The minimum Gasteiger partial charge on any atom is -0.488 e. The fourth-order valence-corrected chi connectivity index (χ4v) is 3.68. The molecule has 3 aromatic rings. The van der Waals surface area contributed by atoms with Gasteiger partial charge in [-0.2, -0.15) is 0 Å². The number of carbonyl (C=O) groups is 2. The maximum atomic E-state index is 12.5. The second kappa shape index (κ2) is 6.99. The zero-order valence-electron chi connectivity index (χ0n) is 16.5. The van der Waals surface area contributed by atoms with E-state index in [9.17, 15) is 14.7 Å². The maximum absolute atomic E-state index is 12.5. The zero-order chi connectivity index (χ0) is 20.8. The highest BCUT2D eigenvalue weighted by Gasteiger charge is 2.42. The van der Waals surface area contributed by atoms with Crippen LogP contribution >= 0.6 is 0 Å². The summed E-state index contributed by atoms with van der Waals surface area (Å²) in [4.78, 5) is 25.4. The SMILES string of the molecule is CC(C)(C)OC(=O)N1C[C@H](Oc2cccc3c2ccc2ccoc23)C[C@H]1C(=O)O. The van der Waals surface area contributed by atoms with Gasteiger partial charge in [0.2, 0.25) is 0 Å². The van der Waals surface area contributed by atoms with Gasteiger partial charge in [-0.25, -0.2) is 9.59 Å². The summed E-state index contributed by atoms with van der Waals surface area (Å²) in [6.45, 7) is 5.38. The molecule has 0 radical (unpaired) electrons. The molecule has 1 aliphatic heterocycles. The normalized spacial score (nSPS) is 19.6. The largest absolute Gasteiger partial charge is 0.488 e. The molecule has 2 heterocycles. The number of hydrogen-bond acceptors (Lipinski definition) is 5. The van der Waals surface area contributed by atoms with E-state index in [1.807, 2.05) is 36.4 Å². The molecule has 0 unspecified atom stereocenters. The zero-order valence-corrected chi connectivity index (χ0v) is 16.5. The first-order valence-corrected chi connectivity index (χ1v) is 9.51. The van der Waals surface area contributed by atoms with Gasteiger partial charge in [0.15, 0.2) is 0 Å². The molecule has 1 saturated heterocycles. The van der Waals surface area contributed by atoms with Crippen molar-refractivity contribution in [3.63, 3.8) is 0 Å². The van der Waals surface area contributed by atoms with Gasteiger partial charge in [-0.3, -0.25) is 4.90 Å². The van der Waals surface area contributed by atoms with Crippen LogP contribution in [0.2, 0.25) is 0 Å². The summed E-state index contributed by atoms with van der Waals surface area (Å²) in [5.74, 6) is -0.446. The third-order valence-corrected chi connectivity index (χ3v) is 4.91. The molecule has 7 heteroatoms. The van der Waals surface area contributed by atoms with E-state index in [1.54, 1.807) is 27.0 Å². The molecule has 1 fully saturated rings. The molecular formula is C22H23NO6. The van der Waals surface area contributed by atoms with Crippen molar-refractivity contribution < 1.29 is 28.6 Å². The molecule has 1 N–H and O–H groups in total. The minimum absolute atomic E-state index is 0.144. The molecule has 4 rings (SSSR count). The van der Waals surface area contributed by atoms with E-state index in [-0.39, 0.29) is 13.0 Å². The van der Waals surface area contributed by atoms with Crippen molar-refractivity contribution in [3.05, 3.63) is 42.7 Å². The predicted molar refractivity (Wildman–Crippen MR) is 107 cm³/mol. The molecule has 1 amide bonds. The minimum atomic E-state index is -1.07. The van der Waals surface area contributed by atoms with E-state index in [4.69, 9.17) is 13.9 Å². The molecule has 29 heavy (non-hydrogen) atoms. The van der Waals surface area contributed by atoms with Gasteiger partial charge < -0.3 is 19.0 Å². The molecule has 2 atom stereocenters. The molecule has 152 valence electrons. The summed E-state index contributed by atoms with van der Waals surface area (Å²) in [6, 6.07) is 10.5. The third-order valence-electron chi connectivity index (χ3n) is 4.91. The van der Waals surface area contributed by atoms with Crippen LogP contribution in [0.15, 0.2) is 47.1 Å². The number of benzene rings is 2. The van der Waals surface area contributed by atoms with E-state index >= 15 is 0 Å². The summed E-state index contributed by atoms with van der Waals surface area (Å²) in [5.41, 5.74) is 0.0708. The molecule has 7 nitrogen and oxygen atoms in total. The highest BCUT2D eigenvalue weighted by Crippen LogP contribution is 2.34. The van der Waals surface area contributed by atoms with Crippen molar-refractivity contribution in [1.82, 2.24) is 4.90 Å². The molecule has 1 aromatic heterocycles. The highest BCUT2D eigenvalue weighted by atomic mass is 16.6. The van der Waals surface area contributed by atoms with Gasteiger partial charge in [-0.05, 0) is 39.0 Å². The van der Waals surface area contributed by atoms with E-state index in [0.29, 0.717) is 5.75 Å². The Morgan fingerprint density at radius 3 is 2.66 bits per heavy atom. The summed E-state index contributed by atoms with van der Waals surface area (Å²) < 4.78 is 17.1. The van der Waals surface area contributed by atoms with Gasteiger partial charge >= 0.3 is 12.1 Å². The van der Waals surface area contributed by atoms with Crippen molar-refractivity contribution in [2.45, 2.75) is 44.9 Å². The summed E-state index contributed by atoms with van der Waals surface area (Å²) in [7, 11) is 0. The Labute approximate surface area is 167 Å². The lowest BCUT2D eigenvalue weighted by Gasteiger charge is -2.26. The number of rotatable bonds is 3. The van der Waals surface area contributed by atoms with Crippen molar-refractivity contribution in [2.24, 2.45) is 0 Å². The van der Waals surface area contributed by atoms with Crippen LogP contribution in [-0.2, 0) is 9.53 Å². The lowest BCUT2D eigenvalue weighted by molar-refractivity contribution is -0.142. The smallest absolute Gasteiger partial charge is 0.411 e. The quantitative estimate of drug-likeness (QED) is 0.703. The number of carboxylic acid groups (broad SMARTS) is 1. The Kier molecular flexibility index (Phi) is 4.61. The van der Waals surface area contributed by atoms with Crippen LogP contribution in [-0.4, -0.2) is 46.4 Å². The van der Waals surface area contributed by atoms with Crippen LogP contribution in [0.5, 0.6) is 5.75 Å². The molecular weight excluding hydrogens is 374 g/mol. The number of amides is 1. The Bertz CT molecular complexity index is 1080. The van der Waals surface area contributed by atoms with E-state index < -0.39 is 29.8 Å². The first-order valence-electron chi connectivity index (χ1n) is 9.51. The number of ether oxygens (including phenoxy) is 2. The van der Waals surface area contributed by atoms with Crippen LogP contribution in [0.4, 0.5) is 4.79 Å². The van der Waals surface area contributed by atoms with Crippen LogP contribution in [0, 0.1) is 0 Å². The molecule has 0 aliphatic carbocycles. The highest BCUT2D eigenvalue weighted by molar-refractivity contribution is 6.06. The molecule has 0 saturated carbocycles. The number of likely N-dealkylation sites (tertiary alicyclic amines) is 1. The monoisotopic (exact) mass is 397 g/mol. The first-order chi connectivity index (χ1) is 13.7. The number of carbonyl (C=O) groups excluding carboxylic acids is 1.